The van der Waals surface area contributed by atoms with E-state index in [1.165, 1.54) is 11.3 Å². The Bertz CT molecular complexity index is 1210. The minimum atomic E-state index is -0.458. The van der Waals surface area contributed by atoms with Gasteiger partial charge in [0.2, 0.25) is 0 Å². The molecule has 1 aliphatic rings. The van der Waals surface area contributed by atoms with Crippen LogP contribution in [0.4, 0.5) is 0 Å². The van der Waals surface area contributed by atoms with E-state index in [9.17, 15) is 9.90 Å². The van der Waals surface area contributed by atoms with E-state index < -0.39 is 6.10 Å². The smallest absolute Gasteiger partial charge is 0.261 e. The van der Waals surface area contributed by atoms with Crippen molar-refractivity contribution in [2.75, 3.05) is 0 Å². The molecule has 30 heavy (non-hydrogen) atoms. The highest BCUT2D eigenvalue weighted by Crippen LogP contribution is 2.29. The fourth-order valence-corrected chi connectivity index (χ4v) is 4.72. The van der Waals surface area contributed by atoms with Crippen LogP contribution in [0.5, 0.6) is 0 Å². The predicted octanol–water partition coefficient (Wildman–Crippen LogP) is 2.89. The van der Waals surface area contributed by atoms with Crippen molar-refractivity contribution < 1.29 is 9.90 Å². The first-order valence-electron chi connectivity index (χ1n) is 9.99. The maximum atomic E-state index is 12.7. The molecular formula is C21H22N6O2S. The lowest BCUT2D eigenvalue weighted by Crippen LogP contribution is -2.44. The number of thiophene rings is 1. The first-order valence-corrected chi connectivity index (χ1v) is 10.9. The molecule has 0 aliphatic heterocycles. The molecule has 0 spiro atoms. The molecular weight excluding hydrogens is 400 g/mol. The summed E-state index contributed by atoms with van der Waals surface area (Å²) in [7, 11) is 1.88. The van der Waals surface area contributed by atoms with Crippen molar-refractivity contribution in [3.05, 3.63) is 47.3 Å². The van der Waals surface area contributed by atoms with Crippen LogP contribution in [0.1, 0.15) is 35.4 Å². The lowest BCUT2D eigenvalue weighted by atomic mass is 9.92. The fraction of sp³-hybridized carbons (Fsp3) is 0.333. The number of carbonyl (C=O) groups excluding carboxylic acids is 1. The third-order valence-electron chi connectivity index (χ3n) is 5.57. The van der Waals surface area contributed by atoms with E-state index >= 15 is 0 Å². The van der Waals surface area contributed by atoms with Gasteiger partial charge in [-0.1, -0.05) is 12.8 Å². The number of aryl methyl sites for hydroxylation is 1. The number of carbonyl (C=O) groups is 1. The average Bonchev–Trinajstić information content (AvgIpc) is 3.48. The summed E-state index contributed by atoms with van der Waals surface area (Å²) in [6, 6.07) is 1.70. The van der Waals surface area contributed by atoms with Gasteiger partial charge in [0.15, 0.2) is 5.65 Å². The largest absolute Gasteiger partial charge is 0.391 e. The molecule has 1 saturated carbocycles. The van der Waals surface area contributed by atoms with Crippen LogP contribution in [0.25, 0.3) is 27.9 Å². The van der Waals surface area contributed by atoms with Crippen molar-refractivity contribution in [3.63, 3.8) is 0 Å². The fourth-order valence-electron chi connectivity index (χ4n) is 3.91. The number of amides is 1. The summed E-state index contributed by atoms with van der Waals surface area (Å²) in [5.41, 5.74) is 4.42. The highest BCUT2D eigenvalue weighted by atomic mass is 32.1. The zero-order valence-corrected chi connectivity index (χ0v) is 17.3. The molecule has 5 rings (SSSR count). The van der Waals surface area contributed by atoms with E-state index in [1.54, 1.807) is 21.6 Å². The van der Waals surface area contributed by atoms with Crippen molar-refractivity contribution in [1.82, 2.24) is 29.7 Å². The standard InChI is InChI=1S/C21H22N6O2S/c1-26-10-15(8-23-26)14-7-22-20-16(9-24-27(20)11-14)13-6-19(30-12-13)21(29)25-17-4-2-3-5-18(17)28/h6-12,17-18,28H,2-5H2,1H3,(H,25,29)/t17-,18?/m0/s1. The van der Waals surface area contributed by atoms with Crippen LogP contribution in [0.15, 0.2) is 42.4 Å². The van der Waals surface area contributed by atoms with E-state index in [2.05, 4.69) is 20.5 Å². The van der Waals surface area contributed by atoms with Crippen LogP contribution in [0.2, 0.25) is 0 Å². The minimum Gasteiger partial charge on any atom is -0.391 e. The van der Waals surface area contributed by atoms with Gasteiger partial charge in [-0.3, -0.25) is 9.48 Å². The maximum absolute atomic E-state index is 12.7. The van der Waals surface area contributed by atoms with Crippen molar-refractivity contribution in [1.29, 1.82) is 0 Å². The first-order chi connectivity index (χ1) is 14.6. The maximum Gasteiger partial charge on any atom is 0.261 e. The monoisotopic (exact) mass is 422 g/mol. The van der Waals surface area contributed by atoms with E-state index in [1.807, 2.05) is 37.1 Å². The van der Waals surface area contributed by atoms with E-state index in [0.29, 0.717) is 4.88 Å². The summed E-state index contributed by atoms with van der Waals surface area (Å²) < 4.78 is 3.49. The summed E-state index contributed by atoms with van der Waals surface area (Å²) in [5, 5.41) is 23.7. The summed E-state index contributed by atoms with van der Waals surface area (Å²) in [5.74, 6) is -0.138. The summed E-state index contributed by atoms with van der Waals surface area (Å²) in [6.07, 6.45) is 12.4. The van der Waals surface area contributed by atoms with Crippen molar-refractivity contribution in [3.8, 4) is 22.3 Å². The third-order valence-corrected chi connectivity index (χ3v) is 6.50. The molecule has 1 amide bonds. The molecule has 154 valence electrons. The molecule has 4 heterocycles. The van der Waals surface area contributed by atoms with Gasteiger partial charge in [0.05, 0.1) is 29.4 Å². The molecule has 0 bridgehead atoms. The number of aliphatic hydroxyl groups excluding tert-OH is 1. The molecule has 2 atom stereocenters. The van der Waals surface area contributed by atoms with Gasteiger partial charge in [-0.25, -0.2) is 9.50 Å². The second kappa shape index (κ2) is 7.66. The average molecular weight is 423 g/mol. The Morgan fingerprint density at radius 2 is 1.97 bits per heavy atom. The predicted molar refractivity (Wildman–Crippen MR) is 114 cm³/mol. The van der Waals surface area contributed by atoms with Gasteiger partial charge in [-0.2, -0.15) is 10.2 Å². The molecule has 8 nitrogen and oxygen atoms in total. The molecule has 1 fully saturated rings. The van der Waals surface area contributed by atoms with Crippen molar-refractivity contribution in [2.24, 2.45) is 7.05 Å². The van der Waals surface area contributed by atoms with Crippen molar-refractivity contribution in [2.45, 2.75) is 37.8 Å². The normalized spacial score (nSPS) is 19.3. The van der Waals surface area contributed by atoms with Gasteiger partial charge >= 0.3 is 0 Å². The summed E-state index contributed by atoms with van der Waals surface area (Å²) in [4.78, 5) is 17.9. The molecule has 0 aromatic carbocycles. The zero-order valence-electron chi connectivity index (χ0n) is 16.5. The van der Waals surface area contributed by atoms with Gasteiger partial charge in [-0.15, -0.1) is 11.3 Å². The topological polar surface area (TPSA) is 97.3 Å². The van der Waals surface area contributed by atoms with E-state index in [4.69, 9.17) is 0 Å². The summed E-state index contributed by atoms with van der Waals surface area (Å²) >= 11 is 1.39. The van der Waals surface area contributed by atoms with Crippen LogP contribution >= 0.6 is 11.3 Å². The number of nitrogens with one attached hydrogen (secondary N) is 1. The first kappa shape index (κ1) is 19.0. The highest BCUT2D eigenvalue weighted by Gasteiger charge is 2.25. The number of fused-ring (bicyclic) bond motifs is 1. The lowest BCUT2D eigenvalue weighted by molar-refractivity contribution is 0.0720. The van der Waals surface area contributed by atoms with Crippen LogP contribution in [-0.2, 0) is 7.05 Å². The second-order valence-electron chi connectivity index (χ2n) is 7.70. The molecule has 2 N–H and O–H groups in total. The van der Waals surface area contributed by atoms with Crippen molar-refractivity contribution >= 4 is 22.9 Å². The summed E-state index contributed by atoms with van der Waals surface area (Å²) in [6.45, 7) is 0. The number of rotatable bonds is 4. The number of nitrogens with zero attached hydrogens (tertiary/aromatic N) is 5. The van der Waals surface area contributed by atoms with Crippen LogP contribution in [-0.4, -0.2) is 47.5 Å². The second-order valence-corrected chi connectivity index (χ2v) is 8.61. The van der Waals surface area contributed by atoms with E-state index in [-0.39, 0.29) is 11.9 Å². The molecule has 4 aromatic rings. The Labute approximate surface area is 177 Å². The Hall–Kier alpha value is -3.04. The van der Waals surface area contributed by atoms with Crippen LogP contribution in [0, 0.1) is 0 Å². The Kier molecular flexibility index (Phi) is 4.84. The minimum absolute atomic E-state index is 0.138. The number of aliphatic hydroxyl groups is 1. The molecule has 0 radical (unpaired) electrons. The molecule has 0 saturated heterocycles. The van der Waals surface area contributed by atoms with Gasteiger partial charge in [0.1, 0.15) is 0 Å². The van der Waals surface area contributed by atoms with Gasteiger partial charge < -0.3 is 10.4 Å². The quantitative estimate of drug-likeness (QED) is 0.527. The highest BCUT2D eigenvalue weighted by molar-refractivity contribution is 7.12. The van der Waals surface area contributed by atoms with Gasteiger partial charge in [-0.05, 0) is 29.9 Å². The van der Waals surface area contributed by atoms with Gasteiger partial charge in [0, 0.05) is 42.3 Å². The lowest BCUT2D eigenvalue weighted by Gasteiger charge is -2.28. The Morgan fingerprint density at radius 3 is 2.77 bits per heavy atom. The van der Waals surface area contributed by atoms with Crippen LogP contribution < -0.4 is 5.32 Å². The number of hydrogen-bond acceptors (Lipinski definition) is 6. The molecule has 9 heteroatoms. The third kappa shape index (κ3) is 3.50. The zero-order chi connectivity index (χ0) is 20.7. The Morgan fingerprint density at radius 1 is 1.13 bits per heavy atom. The number of aromatic nitrogens is 5. The van der Waals surface area contributed by atoms with E-state index in [0.717, 1.165) is 53.6 Å². The SMILES string of the molecule is Cn1cc(-c2cnc3c(-c4csc(C(=O)N[C@H]5CCCCC5O)c4)cnn3c2)cn1. The molecule has 1 unspecified atom stereocenters. The molecule has 1 aliphatic carbocycles. The van der Waals surface area contributed by atoms with Crippen LogP contribution in [0.3, 0.4) is 0 Å². The number of hydrogen-bond donors (Lipinski definition) is 2. The Balaban J connectivity index is 1.38. The van der Waals surface area contributed by atoms with Gasteiger partial charge in [0.25, 0.3) is 5.91 Å². The molecule has 4 aromatic heterocycles.